The summed E-state index contributed by atoms with van der Waals surface area (Å²) in [5, 5.41) is 9.57. The third kappa shape index (κ3) is 8.61. The van der Waals surface area contributed by atoms with Crippen LogP contribution in [0.1, 0.15) is 17.0 Å². The van der Waals surface area contributed by atoms with Crippen LogP contribution in [0.2, 0.25) is 0 Å². The number of rotatable bonds is 13. The summed E-state index contributed by atoms with van der Waals surface area (Å²) in [7, 11) is 0. The molecule has 37 heavy (non-hydrogen) atoms. The molecule has 8 nitrogen and oxygen atoms in total. The minimum Gasteiger partial charge on any atom is -0.492 e. The summed E-state index contributed by atoms with van der Waals surface area (Å²) in [5.41, 5.74) is 2.85. The maximum Gasteiger partial charge on any atom is 0.243 e. The Balaban J connectivity index is 1.38. The van der Waals surface area contributed by atoms with Crippen LogP contribution in [0.15, 0.2) is 91.1 Å². The third-order valence-electron chi connectivity index (χ3n) is 5.58. The van der Waals surface area contributed by atoms with Gasteiger partial charge >= 0.3 is 0 Å². The Morgan fingerprint density at radius 1 is 0.919 bits per heavy atom. The van der Waals surface area contributed by atoms with Gasteiger partial charge in [0.2, 0.25) is 11.9 Å². The topological polar surface area (TPSA) is 101 Å². The Morgan fingerprint density at radius 2 is 1.68 bits per heavy atom. The number of carbonyl (C=O) groups excluding carboxylic acids is 1. The van der Waals surface area contributed by atoms with E-state index in [1.165, 1.54) is 0 Å². The fourth-order valence-corrected chi connectivity index (χ4v) is 3.79. The number of carbonyl (C=O) groups is 1. The molecule has 0 bridgehead atoms. The van der Waals surface area contributed by atoms with Crippen molar-refractivity contribution in [3.05, 3.63) is 108 Å². The van der Waals surface area contributed by atoms with Crippen molar-refractivity contribution in [2.24, 2.45) is 0 Å². The van der Waals surface area contributed by atoms with Crippen LogP contribution in [-0.2, 0) is 17.6 Å². The van der Waals surface area contributed by atoms with Gasteiger partial charge in [-0.15, -0.1) is 0 Å². The van der Waals surface area contributed by atoms with Crippen molar-refractivity contribution < 1.29 is 9.53 Å². The molecule has 8 heteroatoms. The zero-order valence-electron chi connectivity index (χ0n) is 20.9. The first-order valence-electron chi connectivity index (χ1n) is 12.4. The van der Waals surface area contributed by atoms with E-state index >= 15 is 0 Å². The van der Waals surface area contributed by atoms with Crippen molar-refractivity contribution >= 4 is 17.7 Å². The number of pyridine rings is 1. The van der Waals surface area contributed by atoms with Crippen LogP contribution in [-0.4, -0.2) is 46.6 Å². The molecule has 0 aliphatic heterocycles. The van der Waals surface area contributed by atoms with Gasteiger partial charge in [0.25, 0.3) is 0 Å². The first kappa shape index (κ1) is 25.6. The number of benzene rings is 2. The van der Waals surface area contributed by atoms with Gasteiger partial charge in [0, 0.05) is 43.0 Å². The van der Waals surface area contributed by atoms with Gasteiger partial charge in [0.1, 0.15) is 24.2 Å². The molecule has 0 radical (unpaired) electrons. The molecule has 190 valence electrons. The van der Waals surface area contributed by atoms with Crippen LogP contribution in [0.3, 0.4) is 0 Å². The fourth-order valence-electron chi connectivity index (χ4n) is 3.79. The summed E-state index contributed by atoms with van der Waals surface area (Å²) in [6.07, 6.45) is 3.05. The molecule has 1 amide bonds. The first-order valence-corrected chi connectivity index (χ1v) is 12.4. The van der Waals surface area contributed by atoms with E-state index in [1.807, 2.05) is 91.9 Å². The summed E-state index contributed by atoms with van der Waals surface area (Å²) in [4.78, 5) is 26.6. The molecule has 0 unspecified atom stereocenters. The highest BCUT2D eigenvalue weighted by Crippen LogP contribution is 2.14. The zero-order valence-corrected chi connectivity index (χ0v) is 20.9. The molecular weight excluding hydrogens is 464 g/mol. The molecule has 3 N–H and O–H groups in total. The molecule has 1 atom stereocenters. The number of amides is 1. The molecule has 0 saturated carbocycles. The van der Waals surface area contributed by atoms with Crippen LogP contribution in [0.25, 0.3) is 0 Å². The Hall–Kier alpha value is -4.46. The molecule has 0 fully saturated rings. The smallest absolute Gasteiger partial charge is 0.243 e. The summed E-state index contributed by atoms with van der Waals surface area (Å²) >= 11 is 0. The molecule has 0 spiro atoms. The SMILES string of the molecule is Cc1cc(N[C@@H](Cc2ccccc2)C(=O)NCCOc2ccccc2)nc(NCCc2ccccn2)n1. The van der Waals surface area contributed by atoms with Gasteiger partial charge in [-0.25, -0.2) is 4.98 Å². The van der Waals surface area contributed by atoms with E-state index in [1.54, 1.807) is 6.20 Å². The predicted octanol–water partition coefficient (Wildman–Crippen LogP) is 4.05. The maximum absolute atomic E-state index is 13.2. The number of hydrogen-bond donors (Lipinski definition) is 3. The summed E-state index contributed by atoms with van der Waals surface area (Å²) in [5.74, 6) is 1.75. The number of para-hydroxylation sites is 1. The van der Waals surface area contributed by atoms with Gasteiger partial charge in [-0.1, -0.05) is 54.6 Å². The Bertz CT molecular complexity index is 1240. The monoisotopic (exact) mass is 496 g/mol. The minimum absolute atomic E-state index is 0.124. The standard InChI is InChI=1S/C29H32N6O2/c1-22-20-27(35-29(33-22)32-17-15-24-12-8-9-16-30-24)34-26(21-23-10-4-2-5-11-23)28(36)31-18-19-37-25-13-6-3-7-14-25/h2-14,16,20,26H,15,17-19,21H2,1H3,(H,31,36)(H2,32,33,34,35)/t26-/m0/s1. The number of ether oxygens (including phenoxy) is 1. The number of hydrogen-bond acceptors (Lipinski definition) is 7. The molecule has 4 aromatic rings. The van der Waals surface area contributed by atoms with Crippen LogP contribution >= 0.6 is 0 Å². The lowest BCUT2D eigenvalue weighted by Gasteiger charge is -2.20. The van der Waals surface area contributed by atoms with Gasteiger partial charge in [0.15, 0.2) is 0 Å². The van der Waals surface area contributed by atoms with E-state index in [-0.39, 0.29) is 5.91 Å². The van der Waals surface area contributed by atoms with E-state index in [4.69, 9.17) is 4.74 Å². The molecule has 2 aromatic carbocycles. The lowest BCUT2D eigenvalue weighted by atomic mass is 10.1. The normalized spacial score (nSPS) is 11.4. The number of aromatic nitrogens is 3. The van der Waals surface area contributed by atoms with E-state index in [2.05, 4.69) is 30.9 Å². The van der Waals surface area contributed by atoms with E-state index in [0.29, 0.717) is 37.9 Å². The second kappa shape index (κ2) is 13.6. The molecule has 2 heterocycles. The van der Waals surface area contributed by atoms with Crippen molar-refractivity contribution in [1.82, 2.24) is 20.3 Å². The molecule has 2 aromatic heterocycles. The number of nitrogens with zero attached hydrogens (tertiary/aromatic N) is 3. The molecule has 0 saturated heterocycles. The van der Waals surface area contributed by atoms with Crippen molar-refractivity contribution in [3.63, 3.8) is 0 Å². The molecule has 0 aliphatic rings. The summed E-state index contributed by atoms with van der Waals surface area (Å²) < 4.78 is 5.71. The van der Waals surface area contributed by atoms with Crippen molar-refractivity contribution in [1.29, 1.82) is 0 Å². The largest absolute Gasteiger partial charge is 0.492 e. The summed E-state index contributed by atoms with van der Waals surface area (Å²) in [6, 6.07) is 26.6. The predicted molar refractivity (Wildman–Crippen MR) is 146 cm³/mol. The summed E-state index contributed by atoms with van der Waals surface area (Å²) in [6.45, 7) is 3.33. The van der Waals surface area contributed by atoms with Gasteiger partial charge in [-0.05, 0) is 36.8 Å². The van der Waals surface area contributed by atoms with Gasteiger partial charge in [-0.2, -0.15) is 4.98 Å². The Morgan fingerprint density at radius 3 is 2.43 bits per heavy atom. The van der Waals surface area contributed by atoms with Crippen molar-refractivity contribution in [2.45, 2.75) is 25.8 Å². The van der Waals surface area contributed by atoms with Crippen molar-refractivity contribution in [2.75, 3.05) is 30.3 Å². The molecule has 0 aliphatic carbocycles. The maximum atomic E-state index is 13.2. The van der Waals surface area contributed by atoms with E-state index < -0.39 is 6.04 Å². The zero-order chi connectivity index (χ0) is 25.7. The second-order valence-corrected chi connectivity index (χ2v) is 8.56. The van der Waals surface area contributed by atoms with Crippen LogP contribution in [0.5, 0.6) is 5.75 Å². The van der Waals surface area contributed by atoms with Crippen molar-refractivity contribution in [3.8, 4) is 5.75 Å². The lowest BCUT2D eigenvalue weighted by molar-refractivity contribution is -0.121. The van der Waals surface area contributed by atoms with Crippen LogP contribution in [0, 0.1) is 6.92 Å². The minimum atomic E-state index is -0.519. The quantitative estimate of drug-likeness (QED) is 0.240. The van der Waals surface area contributed by atoms with Gasteiger partial charge in [-0.3, -0.25) is 9.78 Å². The Labute approximate surface area is 217 Å². The lowest BCUT2D eigenvalue weighted by Crippen LogP contribution is -2.42. The highest BCUT2D eigenvalue weighted by atomic mass is 16.5. The second-order valence-electron chi connectivity index (χ2n) is 8.56. The highest BCUT2D eigenvalue weighted by molar-refractivity contribution is 5.84. The first-order chi connectivity index (χ1) is 18.2. The van der Waals surface area contributed by atoms with E-state index in [0.717, 1.165) is 29.1 Å². The Kier molecular flexibility index (Phi) is 9.41. The van der Waals surface area contributed by atoms with E-state index in [9.17, 15) is 4.79 Å². The number of anilines is 2. The van der Waals surface area contributed by atoms with Crippen LogP contribution in [0.4, 0.5) is 11.8 Å². The number of aryl methyl sites for hydroxylation is 1. The fraction of sp³-hybridized carbons (Fsp3) is 0.241. The molecule has 4 rings (SSSR count). The average Bonchev–Trinajstić information content (AvgIpc) is 2.92. The third-order valence-corrected chi connectivity index (χ3v) is 5.58. The van der Waals surface area contributed by atoms with Gasteiger partial charge < -0.3 is 20.7 Å². The average molecular weight is 497 g/mol. The highest BCUT2D eigenvalue weighted by Gasteiger charge is 2.20. The number of nitrogens with one attached hydrogen (secondary N) is 3. The van der Waals surface area contributed by atoms with Crippen LogP contribution < -0.4 is 20.7 Å². The van der Waals surface area contributed by atoms with Gasteiger partial charge in [0.05, 0.1) is 6.54 Å². The molecular formula is C29H32N6O2.